The molecule has 0 aromatic heterocycles. The van der Waals surface area contributed by atoms with E-state index in [1.165, 1.54) is 48.5 Å². The highest BCUT2D eigenvalue weighted by Crippen LogP contribution is 2.28. The van der Waals surface area contributed by atoms with Gasteiger partial charge < -0.3 is 10.1 Å². The number of imide groups is 2. The third kappa shape index (κ3) is 5.39. The highest BCUT2D eigenvalue weighted by molar-refractivity contribution is 6.39. The molecule has 0 saturated carbocycles. The number of hydrogen-bond acceptors (Lipinski definition) is 5. The van der Waals surface area contributed by atoms with E-state index in [0.717, 1.165) is 18.2 Å². The number of ether oxygens (including phenoxy) is 1. The van der Waals surface area contributed by atoms with Crippen LogP contribution in [0.4, 0.5) is 25.0 Å². The molecule has 0 aliphatic carbocycles. The van der Waals surface area contributed by atoms with Crippen LogP contribution in [0.15, 0.2) is 72.3 Å². The second-order valence-corrected chi connectivity index (χ2v) is 7.87. The number of nitrogens with one attached hydrogen (secondary N) is 2. The number of rotatable bonds is 6. The Morgan fingerprint density at radius 3 is 2.47 bits per heavy atom. The molecule has 3 aromatic carbocycles. The summed E-state index contributed by atoms with van der Waals surface area (Å²) in [7, 11) is 0. The fourth-order valence-electron chi connectivity index (χ4n) is 3.29. The van der Waals surface area contributed by atoms with Gasteiger partial charge in [0.2, 0.25) is 0 Å². The maximum atomic E-state index is 13.8. The zero-order valence-corrected chi connectivity index (χ0v) is 19.0. The Labute approximate surface area is 208 Å². The molecule has 1 heterocycles. The molecule has 1 aliphatic rings. The highest BCUT2D eigenvalue weighted by atomic mass is 35.5. The van der Waals surface area contributed by atoms with E-state index >= 15 is 0 Å². The summed E-state index contributed by atoms with van der Waals surface area (Å²) in [4.78, 5) is 50.7. The zero-order valence-electron chi connectivity index (χ0n) is 18.3. The minimum atomic E-state index is -0.999. The largest absolute Gasteiger partial charge is 0.483 e. The van der Waals surface area contributed by atoms with Crippen molar-refractivity contribution in [3.63, 3.8) is 0 Å². The lowest BCUT2D eigenvalue weighted by Gasteiger charge is -2.26. The van der Waals surface area contributed by atoms with E-state index in [2.05, 4.69) is 10.6 Å². The van der Waals surface area contributed by atoms with E-state index in [4.69, 9.17) is 16.3 Å². The zero-order chi connectivity index (χ0) is 25.8. The molecule has 5 amide bonds. The summed E-state index contributed by atoms with van der Waals surface area (Å²) in [5.41, 5.74) is -0.251. The first-order chi connectivity index (χ1) is 17.2. The summed E-state index contributed by atoms with van der Waals surface area (Å²) in [6.07, 6.45) is 1.15. The second kappa shape index (κ2) is 10.4. The monoisotopic (exact) mass is 511 g/mol. The molecule has 1 saturated heterocycles. The average Bonchev–Trinajstić information content (AvgIpc) is 2.84. The van der Waals surface area contributed by atoms with Gasteiger partial charge in [-0.05, 0) is 60.7 Å². The van der Waals surface area contributed by atoms with Crippen LogP contribution in [-0.4, -0.2) is 30.4 Å². The Morgan fingerprint density at radius 2 is 1.75 bits per heavy atom. The minimum absolute atomic E-state index is 0.0282. The Balaban J connectivity index is 1.58. The van der Waals surface area contributed by atoms with Gasteiger partial charge >= 0.3 is 6.03 Å². The van der Waals surface area contributed by atoms with Crippen molar-refractivity contribution >= 4 is 52.8 Å². The number of amides is 5. The predicted octanol–water partition coefficient (Wildman–Crippen LogP) is 4.30. The van der Waals surface area contributed by atoms with Gasteiger partial charge in [-0.2, -0.15) is 0 Å². The van der Waals surface area contributed by atoms with Crippen LogP contribution in [-0.2, 0) is 14.4 Å². The van der Waals surface area contributed by atoms with E-state index in [9.17, 15) is 28.0 Å². The molecule has 8 nitrogen and oxygen atoms in total. The molecular weight excluding hydrogens is 496 g/mol. The lowest BCUT2D eigenvalue weighted by molar-refractivity contribution is -0.122. The van der Waals surface area contributed by atoms with E-state index in [0.29, 0.717) is 4.90 Å². The Hall–Kier alpha value is -4.57. The van der Waals surface area contributed by atoms with Gasteiger partial charge in [0.15, 0.2) is 6.61 Å². The maximum absolute atomic E-state index is 13.8. The quantitative estimate of drug-likeness (QED) is 0.379. The van der Waals surface area contributed by atoms with Crippen molar-refractivity contribution < 1.29 is 32.7 Å². The first kappa shape index (κ1) is 24.6. The van der Waals surface area contributed by atoms with Crippen LogP contribution in [0.25, 0.3) is 6.08 Å². The first-order valence-corrected chi connectivity index (χ1v) is 10.7. The smallest absolute Gasteiger partial charge is 0.335 e. The number of halogens is 3. The molecule has 0 bridgehead atoms. The van der Waals surface area contributed by atoms with E-state index < -0.39 is 47.6 Å². The van der Waals surface area contributed by atoms with Crippen molar-refractivity contribution in [2.24, 2.45) is 0 Å². The van der Waals surface area contributed by atoms with Crippen molar-refractivity contribution in [1.29, 1.82) is 0 Å². The minimum Gasteiger partial charge on any atom is -0.483 e. The molecule has 3 aromatic rings. The van der Waals surface area contributed by atoms with Gasteiger partial charge in [-0.1, -0.05) is 23.7 Å². The summed E-state index contributed by atoms with van der Waals surface area (Å²) < 4.78 is 32.6. The van der Waals surface area contributed by atoms with Crippen molar-refractivity contribution in [3.8, 4) is 5.75 Å². The number of anilines is 2. The van der Waals surface area contributed by atoms with Crippen LogP contribution < -0.4 is 20.3 Å². The Bertz CT molecular complexity index is 1410. The number of nitrogens with zero attached hydrogens (tertiary/aromatic N) is 1. The summed E-state index contributed by atoms with van der Waals surface area (Å²) in [6, 6.07) is 13.4. The molecule has 4 rings (SSSR count). The number of para-hydroxylation sites is 1. The molecule has 36 heavy (non-hydrogen) atoms. The van der Waals surface area contributed by atoms with Crippen molar-refractivity contribution in [2.45, 2.75) is 0 Å². The lowest BCUT2D eigenvalue weighted by atomic mass is 10.1. The van der Waals surface area contributed by atoms with Crippen molar-refractivity contribution in [2.75, 3.05) is 16.8 Å². The van der Waals surface area contributed by atoms with Gasteiger partial charge in [0.25, 0.3) is 17.7 Å². The molecule has 182 valence electrons. The number of barbiturate groups is 1. The van der Waals surface area contributed by atoms with E-state index in [1.807, 2.05) is 0 Å². The molecule has 1 aliphatic heterocycles. The van der Waals surface area contributed by atoms with E-state index in [1.54, 1.807) is 6.07 Å². The number of benzene rings is 3. The van der Waals surface area contributed by atoms with Gasteiger partial charge in [0.1, 0.15) is 23.0 Å². The summed E-state index contributed by atoms with van der Waals surface area (Å²) in [5.74, 6) is -3.69. The third-order valence-electron chi connectivity index (χ3n) is 4.96. The molecule has 11 heteroatoms. The van der Waals surface area contributed by atoms with Crippen molar-refractivity contribution in [1.82, 2.24) is 5.32 Å². The molecule has 0 spiro atoms. The maximum Gasteiger partial charge on any atom is 0.335 e. The molecular formula is C25H16ClF2N3O5. The summed E-state index contributed by atoms with van der Waals surface area (Å²) in [6.45, 7) is -0.521. The average molecular weight is 512 g/mol. The normalized spacial score (nSPS) is 14.6. The fraction of sp³-hybridized carbons (Fsp3) is 0.0400. The second-order valence-electron chi connectivity index (χ2n) is 7.43. The Kier molecular flexibility index (Phi) is 7.07. The highest BCUT2D eigenvalue weighted by Gasteiger charge is 2.37. The van der Waals surface area contributed by atoms with E-state index in [-0.39, 0.29) is 27.7 Å². The molecule has 1 fully saturated rings. The van der Waals surface area contributed by atoms with Gasteiger partial charge in [-0.15, -0.1) is 0 Å². The van der Waals surface area contributed by atoms with Crippen LogP contribution in [0.2, 0.25) is 5.02 Å². The Morgan fingerprint density at radius 1 is 1.03 bits per heavy atom. The van der Waals surface area contributed by atoms with Crippen LogP contribution in [0, 0.1) is 11.6 Å². The SMILES string of the molecule is O=C(COc1ccc(Cl)cc1/C=C1\C(=O)NC(=O)N(c2ccc(F)cc2)C1=O)Nc1ccccc1F. The summed E-state index contributed by atoms with van der Waals surface area (Å²) in [5, 5.41) is 4.66. The standard InChI is InChI=1S/C25H16ClF2N3O5/c26-15-5-10-21(36-13-22(32)29-20-4-2-1-3-19(20)28)14(11-15)12-18-23(33)30-25(35)31(24(18)34)17-8-6-16(27)7-9-17/h1-12H,13H2,(H,29,32)(H,30,33,35)/b18-12+. The fourth-order valence-corrected chi connectivity index (χ4v) is 3.47. The van der Waals surface area contributed by atoms with Crippen LogP contribution >= 0.6 is 11.6 Å². The molecule has 0 atom stereocenters. The first-order valence-electron chi connectivity index (χ1n) is 10.4. The van der Waals surface area contributed by atoms with Crippen LogP contribution in [0.5, 0.6) is 5.75 Å². The lowest BCUT2D eigenvalue weighted by Crippen LogP contribution is -2.54. The predicted molar refractivity (Wildman–Crippen MR) is 127 cm³/mol. The van der Waals surface area contributed by atoms with Gasteiger partial charge in [-0.3, -0.25) is 19.7 Å². The van der Waals surface area contributed by atoms with Crippen LogP contribution in [0.3, 0.4) is 0 Å². The van der Waals surface area contributed by atoms with Gasteiger partial charge in [0.05, 0.1) is 11.4 Å². The number of urea groups is 1. The number of carbonyl (C=O) groups excluding carboxylic acids is 4. The number of hydrogen-bond donors (Lipinski definition) is 2. The molecule has 0 unspecified atom stereocenters. The molecule has 2 N–H and O–H groups in total. The molecule has 0 radical (unpaired) electrons. The summed E-state index contributed by atoms with van der Waals surface area (Å²) >= 11 is 6.07. The van der Waals surface area contributed by atoms with Gasteiger partial charge in [0, 0.05) is 10.6 Å². The third-order valence-corrected chi connectivity index (χ3v) is 5.20. The van der Waals surface area contributed by atoms with Crippen molar-refractivity contribution in [3.05, 3.63) is 94.5 Å². The number of carbonyl (C=O) groups is 4. The topological polar surface area (TPSA) is 105 Å². The van der Waals surface area contributed by atoms with Crippen LogP contribution in [0.1, 0.15) is 5.56 Å². The van der Waals surface area contributed by atoms with Gasteiger partial charge in [-0.25, -0.2) is 18.5 Å².